The van der Waals surface area contributed by atoms with Crippen LogP contribution in [0.15, 0.2) is 24.3 Å². The first-order valence-corrected chi connectivity index (χ1v) is 15.9. The van der Waals surface area contributed by atoms with Crippen molar-refractivity contribution in [3.05, 3.63) is 58.2 Å². The summed E-state index contributed by atoms with van der Waals surface area (Å²) in [6.07, 6.45) is -0.758. The van der Waals surface area contributed by atoms with E-state index in [2.05, 4.69) is 5.32 Å². The number of aldehydes is 1. The summed E-state index contributed by atoms with van der Waals surface area (Å²) in [5.41, 5.74) is -0.00614. The highest BCUT2D eigenvalue weighted by atomic mass is 19.1. The molecule has 2 aromatic carbocycles. The Balaban J connectivity index is 0.000000199. The van der Waals surface area contributed by atoms with Crippen molar-refractivity contribution in [2.24, 2.45) is 5.41 Å². The van der Waals surface area contributed by atoms with E-state index in [9.17, 15) is 33.2 Å². The van der Waals surface area contributed by atoms with Crippen LogP contribution in [0.25, 0.3) is 0 Å². The molecule has 0 saturated carbocycles. The van der Waals surface area contributed by atoms with Crippen molar-refractivity contribution >= 4 is 46.8 Å². The number of ketones is 3. The molecule has 0 radical (unpaired) electrons. The molecular weight excluding hydrogens is 628 g/mol. The van der Waals surface area contributed by atoms with Crippen LogP contribution < -0.4 is 15.1 Å². The zero-order valence-corrected chi connectivity index (χ0v) is 27.7. The largest absolute Gasteiger partial charge is 0.372 e. The van der Waals surface area contributed by atoms with Gasteiger partial charge in [-0.15, -0.1) is 0 Å². The maximum Gasteiger partial charge on any atom is 0.242 e. The first kappa shape index (κ1) is 35.0. The highest BCUT2D eigenvalue weighted by Gasteiger charge is 2.62. The Labute approximate surface area is 276 Å². The van der Waals surface area contributed by atoms with Crippen LogP contribution in [0.3, 0.4) is 0 Å². The Morgan fingerprint density at radius 2 is 1.42 bits per heavy atom. The standard InChI is InChI=1S/C20H21FN2O5.C15H18FNO3/c1-9-8-23-17-13(4-12(10(2)24)5-14(17)21)7-20(18(23)11(3)28-9)15(25)6-16(26)22-19(20)27;1-9-6-17(7-10(2)20-9)15-13(8-18)4-12(11(3)19)5-14(15)16/h4-5,9,11,18H,6-8H2,1-3H3,(H,22,26,27);4-5,8-10H,6-7H2,1-3H3/t9-,11+,18-,20+;9-,10+/m0./s1. The summed E-state index contributed by atoms with van der Waals surface area (Å²) >= 11 is 0. The minimum absolute atomic E-state index is 0.0369. The normalized spacial score (nSPS) is 28.2. The molecule has 0 unspecified atom stereocenters. The lowest BCUT2D eigenvalue weighted by Crippen LogP contribution is -2.72. The third-order valence-corrected chi connectivity index (χ3v) is 9.33. The quantitative estimate of drug-likeness (QED) is 0.223. The number of benzene rings is 2. The number of nitrogens with one attached hydrogen (secondary N) is 1. The number of anilines is 2. The van der Waals surface area contributed by atoms with Gasteiger partial charge in [0.1, 0.15) is 17.0 Å². The second-order valence-electron chi connectivity index (χ2n) is 13.1. The number of hydrogen-bond donors (Lipinski definition) is 1. The van der Waals surface area contributed by atoms with Crippen LogP contribution in [0, 0.1) is 17.0 Å². The fourth-order valence-corrected chi connectivity index (χ4v) is 7.54. The zero-order chi connectivity index (χ0) is 35.2. The number of imide groups is 1. The molecule has 3 saturated heterocycles. The molecule has 6 rings (SSSR count). The number of amides is 2. The van der Waals surface area contributed by atoms with Gasteiger partial charge in [-0.05, 0) is 77.8 Å². The van der Waals surface area contributed by atoms with Crippen molar-refractivity contribution in [3.63, 3.8) is 0 Å². The van der Waals surface area contributed by atoms with Crippen molar-refractivity contribution in [2.45, 2.75) is 84.8 Å². The molecule has 4 aliphatic heterocycles. The maximum atomic E-state index is 15.1. The fraction of sp³-hybridized carbons (Fsp3) is 0.486. The van der Waals surface area contributed by atoms with Crippen molar-refractivity contribution in [3.8, 4) is 0 Å². The van der Waals surface area contributed by atoms with Gasteiger partial charge in [-0.3, -0.25) is 34.1 Å². The minimum atomic E-state index is -1.57. The number of ether oxygens (including phenoxy) is 2. The number of halogens is 2. The molecule has 1 N–H and O–H groups in total. The van der Waals surface area contributed by atoms with Crippen molar-refractivity contribution in [1.29, 1.82) is 0 Å². The van der Waals surface area contributed by atoms with Crippen LogP contribution >= 0.6 is 0 Å². The van der Waals surface area contributed by atoms with E-state index in [-0.39, 0.29) is 65.2 Å². The highest BCUT2D eigenvalue weighted by molar-refractivity contribution is 6.22. The molecule has 2 amide bonds. The van der Waals surface area contributed by atoms with Gasteiger partial charge in [0.05, 0.1) is 48.3 Å². The lowest BCUT2D eigenvalue weighted by Gasteiger charge is -2.55. The van der Waals surface area contributed by atoms with E-state index in [4.69, 9.17) is 9.47 Å². The van der Waals surface area contributed by atoms with Gasteiger partial charge in [0.25, 0.3) is 0 Å². The first-order valence-electron chi connectivity index (χ1n) is 15.9. The number of rotatable bonds is 4. The summed E-state index contributed by atoms with van der Waals surface area (Å²) in [4.78, 5) is 75.7. The molecule has 13 heteroatoms. The Kier molecular flexibility index (Phi) is 9.67. The van der Waals surface area contributed by atoms with Gasteiger partial charge < -0.3 is 19.3 Å². The highest BCUT2D eigenvalue weighted by Crippen LogP contribution is 2.48. The van der Waals surface area contributed by atoms with E-state index in [0.29, 0.717) is 30.6 Å². The maximum absolute atomic E-state index is 15.1. The third kappa shape index (κ3) is 6.28. The average molecular weight is 668 g/mol. The van der Waals surface area contributed by atoms with Gasteiger partial charge in [0.15, 0.2) is 23.6 Å². The van der Waals surface area contributed by atoms with E-state index in [0.717, 1.165) is 0 Å². The van der Waals surface area contributed by atoms with Crippen LogP contribution in [-0.4, -0.2) is 85.5 Å². The Morgan fingerprint density at radius 1 is 0.854 bits per heavy atom. The molecule has 4 heterocycles. The van der Waals surface area contributed by atoms with Gasteiger partial charge in [-0.2, -0.15) is 0 Å². The van der Waals surface area contributed by atoms with E-state index in [1.807, 2.05) is 25.7 Å². The molecule has 1 spiro atoms. The molecule has 0 bridgehead atoms. The van der Waals surface area contributed by atoms with Gasteiger partial charge in [-0.25, -0.2) is 8.78 Å². The number of hydrogen-bond acceptors (Lipinski definition) is 10. The van der Waals surface area contributed by atoms with E-state index in [1.54, 1.807) is 17.9 Å². The second kappa shape index (κ2) is 13.3. The first-order chi connectivity index (χ1) is 22.6. The van der Waals surface area contributed by atoms with Crippen LogP contribution in [-0.2, 0) is 30.3 Å². The SMILES string of the molecule is CC(=O)c1cc(F)c(N2C[C@@H](C)O[C@@H](C)C2)c(C=O)c1.CC(=O)c1cc(F)c2c(c1)C[C@@]1(C(=O)CC(=O)NC1=O)[C@@H]1[C@@H](C)O[C@@H](C)CN21. The third-order valence-electron chi connectivity index (χ3n) is 9.33. The lowest BCUT2D eigenvalue weighted by atomic mass is 9.63. The zero-order valence-electron chi connectivity index (χ0n) is 27.7. The van der Waals surface area contributed by atoms with E-state index >= 15 is 4.39 Å². The second-order valence-corrected chi connectivity index (χ2v) is 13.1. The molecule has 256 valence electrons. The van der Waals surface area contributed by atoms with Crippen molar-refractivity contribution < 1.29 is 47.0 Å². The van der Waals surface area contributed by atoms with Gasteiger partial charge in [-0.1, -0.05) is 0 Å². The molecular formula is C35H39F2N3O8. The van der Waals surface area contributed by atoms with Crippen molar-refractivity contribution in [1.82, 2.24) is 5.32 Å². The summed E-state index contributed by atoms with van der Waals surface area (Å²) < 4.78 is 40.9. The van der Waals surface area contributed by atoms with Crippen LogP contribution in [0.4, 0.5) is 20.2 Å². The Bertz CT molecular complexity index is 1680. The summed E-state index contributed by atoms with van der Waals surface area (Å²) in [6.45, 7) is 11.4. The number of carbonyl (C=O) groups excluding carboxylic acids is 6. The van der Waals surface area contributed by atoms with Crippen LogP contribution in [0.1, 0.15) is 84.6 Å². The summed E-state index contributed by atoms with van der Waals surface area (Å²) in [5.74, 6) is -3.50. The van der Waals surface area contributed by atoms with Crippen LogP contribution in [0.2, 0.25) is 0 Å². The number of fused-ring (bicyclic) bond motifs is 4. The van der Waals surface area contributed by atoms with Gasteiger partial charge in [0, 0.05) is 36.3 Å². The van der Waals surface area contributed by atoms with Gasteiger partial charge >= 0.3 is 0 Å². The smallest absolute Gasteiger partial charge is 0.242 e. The Morgan fingerprint density at radius 3 is 1.98 bits per heavy atom. The topological polar surface area (TPSA) is 139 Å². The molecule has 0 aromatic heterocycles. The Hall–Kier alpha value is -4.36. The lowest BCUT2D eigenvalue weighted by molar-refractivity contribution is -0.158. The number of nitrogens with zero attached hydrogens (tertiary/aromatic N) is 2. The number of morpholine rings is 2. The molecule has 6 atom stereocenters. The number of Topliss-reactive ketones (excluding diaryl/α,β-unsaturated/α-hetero) is 3. The average Bonchev–Trinajstić information content (AvgIpc) is 2.98. The fourth-order valence-electron chi connectivity index (χ4n) is 7.54. The summed E-state index contributed by atoms with van der Waals surface area (Å²) in [5, 5.41) is 2.28. The molecule has 2 aromatic rings. The van der Waals surface area contributed by atoms with Gasteiger partial charge in [0.2, 0.25) is 11.8 Å². The van der Waals surface area contributed by atoms with E-state index < -0.39 is 53.2 Å². The molecule has 4 aliphatic rings. The molecule has 48 heavy (non-hydrogen) atoms. The summed E-state index contributed by atoms with van der Waals surface area (Å²) in [6, 6.07) is 4.62. The monoisotopic (exact) mass is 667 g/mol. The molecule has 3 fully saturated rings. The molecule has 11 nitrogen and oxygen atoms in total. The predicted molar refractivity (Wildman–Crippen MR) is 170 cm³/mol. The van der Waals surface area contributed by atoms with Crippen molar-refractivity contribution in [2.75, 3.05) is 29.4 Å². The molecule has 0 aliphatic carbocycles. The predicted octanol–water partition coefficient (Wildman–Crippen LogP) is 3.62. The number of carbonyl (C=O) groups is 6. The minimum Gasteiger partial charge on any atom is -0.372 e. The van der Waals surface area contributed by atoms with E-state index in [1.165, 1.54) is 32.0 Å². The summed E-state index contributed by atoms with van der Waals surface area (Å²) in [7, 11) is 0. The van der Waals surface area contributed by atoms with Crippen LogP contribution in [0.5, 0.6) is 0 Å². The number of piperidine rings is 1.